The van der Waals surface area contributed by atoms with Crippen LogP contribution in [-0.2, 0) is 16.1 Å². The van der Waals surface area contributed by atoms with Gasteiger partial charge in [0, 0.05) is 116 Å². The second kappa shape index (κ2) is 17.4. The molecule has 8 heterocycles. The van der Waals surface area contributed by atoms with Crippen LogP contribution in [0, 0.1) is 17.2 Å². The maximum atomic E-state index is 17.0. The number of rotatable bonds is 11. The van der Waals surface area contributed by atoms with Gasteiger partial charge in [-0.05, 0) is 111 Å². The summed E-state index contributed by atoms with van der Waals surface area (Å²) in [5.74, 6) is -0.147. The van der Waals surface area contributed by atoms with Crippen LogP contribution >= 0.6 is 11.6 Å². The topological polar surface area (TPSA) is 160 Å². The van der Waals surface area contributed by atoms with Crippen LogP contribution < -0.4 is 25.2 Å². The fraction of sp³-hybridized carbons (Fsp3) is 0.490. The molecule has 5 saturated heterocycles. The molecule has 3 aromatic carbocycles. The summed E-state index contributed by atoms with van der Waals surface area (Å²) < 4.78 is 23.6. The normalized spacial score (nSPS) is 24.3. The minimum absolute atomic E-state index is 0.00303. The summed E-state index contributed by atoms with van der Waals surface area (Å²) in [5.41, 5.74) is 3.28. The summed E-state index contributed by atoms with van der Waals surface area (Å²) in [6.07, 6.45) is 8.86. The van der Waals surface area contributed by atoms with Crippen LogP contribution in [0.5, 0.6) is 11.8 Å². The van der Waals surface area contributed by atoms with Gasteiger partial charge in [0.1, 0.15) is 28.8 Å². The third-order valence-corrected chi connectivity index (χ3v) is 16.1. The van der Waals surface area contributed by atoms with E-state index in [1.165, 1.54) is 6.07 Å². The third-order valence-electron chi connectivity index (χ3n) is 15.8. The second-order valence-corrected chi connectivity index (χ2v) is 20.8. The van der Waals surface area contributed by atoms with Gasteiger partial charge in [-0.2, -0.15) is 9.97 Å². The van der Waals surface area contributed by atoms with E-state index in [9.17, 15) is 19.5 Å². The Morgan fingerprint density at radius 3 is 2.43 bits per heavy atom. The number of halogens is 2. The van der Waals surface area contributed by atoms with Crippen LogP contribution in [0.4, 0.5) is 15.9 Å². The number of imide groups is 1. The number of fused-ring (bicyclic) bond motifs is 5. The molecule has 3 amide bonds. The van der Waals surface area contributed by atoms with Gasteiger partial charge in [0.2, 0.25) is 11.8 Å². The number of aromatic nitrogens is 3. The van der Waals surface area contributed by atoms with Crippen LogP contribution in [0.3, 0.4) is 0 Å². The number of hydrogen-bond donors (Lipinski definition) is 3. The SMILES string of the molecule is O=C1CC[C@H](N2Cc3cc(N4CCN(CC5CCN(CC6(COc7nc(N8CC9CCC(C8)N9)c8cnc(-c9cc(O)cc%10cccc(Cl)c9%10)c(F)c8n7)CC6)CC5)CC4)ccc3C2=O)C(=O)N1. The Labute approximate surface area is 399 Å². The number of nitrogens with zero attached hydrogens (tertiary/aromatic N) is 8. The molecular formula is C51H56ClFN10O5. The molecule has 2 bridgehead atoms. The number of benzene rings is 3. The van der Waals surface area contributed by atoms with Crippen molar-refractivity contribution in [3.8, 4) is 23.0 Å². The number of pyridine rings is 1. The van der Waals surface area contributed by atoms with Gasteiger partial charge in [-0.25, -0.2) is 4.39 Å². The van der Waals surface area contributed by atoms with E-state index in [0.29, 0.717) is 75.7 Å². The fourth-order valence-electron chi connectivity index (χ4n) is 11.9. The van der Waals surface area contributed by atoms with Crippen molar-refractivity contribution in [1.82, 2.24) is 40.3 Å². The van der Waals surface area contributed by atoms with Gasteiger partial charge in [0.05, 0.1) is 12.0 Å². The predicted octanol–water partition coefficient (Wildman–Crippen LogP) is 5.74. The minimum atomic E-state index is -0.609. The lowest BCUT2D eigenvalue weighted by Gasteiger charge is -2.40. The van der Waals surface area contributed by atoms with Gasteiger partial charge in [0.25, 0.3) is 5.91 Å². The van der Waals surface area contributed by atoms with Crippen molar-refractivity contribution in [2.24, 2.45) is 11.3 Å². The smallest absolute Gasteiger partial charge is 0.319 e. The lowest BCUT2D eigenvalue weighted by Crippen LogP contribution is -2.52. The summed E-state index contributed by atoms with van der Waals surface area (Å²) in [7, 11) is 0. The zero-order valence-electron chi connectivity index (χ0n) is 38.1. The van der Waals surface area contributed by atoms with Crippen molar-refractivity contribution >= 4 is 62.5 Å². The number of aromatic hydroxyl groups is 1. The van der Waals surface area contributed by atoms with Gasteiger partial charge in [-0.1, -0.05) is 23.7 Å². The summed E-state index contributed by atoms with van der Waals surface area (Å²) in [6.45, 7) is 10.3. The predicted molar refractivity (Wildman–Crippen MR) is 257 cm³/mol. The van der Waals surface area contributed by atoms with Gasteiger partial charge in [-0.15, -0.1) is 0 Å². The molecule has 7 aliphatic rings. The summed E-state index contributed by atoms with van der Waals surface area (Å²) >= 11 is 6.67. The fourth-order valence-corrected chi connectivity index (χ4v) is 12.2. The molecule has 2 unspecified atom stereocenters. The van der Waals surface area contributed by atoms with Crippen LogP contribution in [0.2, 0.25) is 5.02 Å². The summed E-state index contributed by atoms with van der Waals surface area (Å²) in [4.78, 5) is 63.3. The number of nitrogens with one attached hydrogen (secondary N) is 2. The molecule has 1 saturated carbocycles. The highest BCUT2D eigenvalue weighted by molar-refractivity contribution is 6.36. The number of phenols is 1. The maximum Gasteiger partial charge on any atom is 0.319 e. The lowest BCUT2D eigenvalue weighted by molar-refractivity contribution is -0.136. The Morgan fingerprint density at radius 2 is 1.66 bits per heavy atom. The molecule has 6 fully saturated rings. The third kappa shape index (κ3) is 8.26. The van der Waals surface area contributed by atoms with E-state index in [-0.39, 0.29) is 52.5 Å². The number of anilines is 2. The Morgan fingerprint density at radius 1 is 0.868 bits per heavy atom. The Kier molecular flexibility index (Phi) is 11.1. The molecule has 17 heteroatoms. The first-order chi connectivity index (χ1) is 33.0. The highest BCUT2D eigenvalue weighted by Crippen LogP contribution is 2.47. The molecule has 5 aromatic rings. The highest BCUT2D eigenvalue weighted by atomic mass is 35.5. The van der Waals surface area contributed by atoms with E-state index >= 15 is 4.39 Å². The maximum absolute atomic E-state index is 17.0. The van der Waals surface area contributed by atoms with E-state index in [1.807, 2.05) is 18.2 Å². The average Bonchev–Trinajstić information content (AvgIpc) is 3.91. The highest BCUT2D eigenvalue weighted by Gasteiger charge is 2.46. The van der Waals surface area contributed by atoms with Crippen molar-refractivity contribution in [3.05, 3.63) is 76.7 Å². The van der Waals surface area contributed by atoms with Gasteiger partial charge < -0.3 is 34.8 Å². The molecule has 6 aliphatic heterocycles. The van der Waals surface area contributed by atoms with E-state index in [2.05, 4.69) is 41.3 Å². The molecule has 15 nitrogen and oxygen atoms in total. The van der Waals surface area contributed by atoms with Crippen molar-refractivity contribution in [1.29, 1.82) is 0 Å². The number of piperazine rings is 2. The van der Waals surface area contributed by atoms with Crippen LogP contribution in [0.15, 0.2) is 54.7 Å². The average molecular weight is 944 g/mol. The number of likely N-dealkylation sites (tertiary alicyclic amines) is 1. The molecule has 12 rings (SSSR count). The molecule has 0 spiro atoms. The van der Waals surface area contributed by atoms with Gasteiger partial charge in [0.15, 0.2) is 5.82 Å². The van der Waals surface area contributed by atoms with E-state index < -0.39 is 11.9 Å². The largest absolute Gasteiger partial charge is 0.508 e. The Bertz CT molecular complexity index is 2840. The molecule has 3 atom stereocenters. The molecule has 354 valence electrons. The van der Waals surface area contributed by atoms with Gasteiger partial charge >= 0.3 is 6.01 Å². The lowest BCUT2D eigenvalue weighted by atomic mass is 9.94. The summed E-state index contributed by atoms with van der Waals surface area (Å²) in [5, 5.41) is 19.0. The quantitative estimate of drug-likeness (QED) is 0.138. The van der Waals surface area contributed by atoms with Crippen LogP contribution in [0.1, 0.15) is 67.3 Å². The standard InChI is InChI=1S/C51H56ClFN10O5/c52-40-3-1-2-31-21-36(64)22-38(43(31)40)45-44(53)46-39(23-54-45)47(62-26-33-4-5-34(27-62)55-33)58-50(57-46)68-29-51(12-13-51)28-60-14-10-30(11-15-60)24-59-16-18-61(19-17-59)35-6-7-37-32(20-35)25-63(49(37)67)41-8-9-42(65)56-48(41)66/h1-3,6-7,20-23,30,33-34,41,55,64H,4-5,8-19,24-29H2,(H,56,65,66)/t33?,34?,41-/m0/s1. The Hall–Kier alpha value is -5.68. The number of ether oxygens (including phenoxy) is 1. The van der Waals surface area contributed by atoms with Crippen LogP contribution in [0.25, 0.3) is 32.9 Å². The second-order valence-electron chi connectivity index (χ2n) is 20.4. The molecule has 0 radical (unpaired) electrons. The van der Waals surface area contributed by atoms with E-state index in [0.717, 1.165) is 115 Å². The first kappa shape index (κ1) is 43.6. The van der Waals surface area contributed by atoms with Crippen LogP contribution in [-0.4, -0.2) is 143 Å². The van der Waals surface area contributed by atoms with Crippen molar-refractivity contribution < 1.29 is 28.6 Å². The number of amides is 3. The monoisotopic (exact) mass is 942 g/mol. The molecule has 3 N–H and O–H groups in total. The number of phenolic OH excluding ortho intramolecular Hbond substituents is 1. The molecule has 1 aliphatic carbocycles. The van der Waals surface area contributed by atoms with Gasteiger partial charge in [-0.3, -0.25) is 29.6 Å². The van der Waals surface area contributed by atoms with Crippen molar-refractivity contribution in [2.45, 2.75) is 76.0 Å². The Balaban J connectivity index is 0.673. The van der Waals surface area contributed by atoms with E-state index in [4.69, 9.17) is 26.3 Å². The zero-order chi connectivity index (χ0) is 46.3. The van der Waals surface area contributed by atoms with Crippen molar-refractivity contribution in [2.75, 3.05) is 81.9 Å². The molecule has 2 aromatic heterocycles. The minimum Gasteiger partial charge on any atom is -0.508 e. The molecule has 68 heavy (non-hydrogen) atoms. The van der Waals surface area contributed by atoms with E-state index in [1.54, 1.807) is 29.3 Å². The number of carbonyl (C=O) groups excluding carboxylic acids is 3. The first-order valence-electron chi connectivity index (χ1n) is 24.4. The number of hydrogen-bond acceptors (Lipinski definition) is 13. The van der Waals surface area contributed by atoms with Crippen molar-refractivity contribution in [3.63, 3.8) is 0 Å². The summed E-state index contributed by atoms with van der Waals surface area (Å²) in [6, 6.07) is 14.8. The molecular weight excluding hydrogens is 887 g/mol. The number of carbonyl (C=O) groups is 3. The number of piperidine rings is 2. The first-order valence-corrected chi connectivity index (χ1v) is 24.8. The zero-order valence-corrected chi connectivity index (χ0v) is 38.8.